The van der Waals surface area contributed by atoms with Gasteiger partial charge < -0.3 is 22.9 Å². The van der Waals surface area contributed by atoms with Crippen LogP contribution in [0.3, 0.4) is 0 Å². The van der Waals surface area contributed by atoms with E-state index in [4.69, 9.17) is 22.9 Å². The van der Waals surface area contributed by atoms with Gasteiger partial charge in [0.25, 0.3) is 0 Å². The lowest BCUT2D eigenvalue weighted by molar-refractivity contribution is 0.199. The molecule has 6 heteroatoms. The van der Waals surface area contributed by atoms with Gasteiger partial charge in [-0.2, -0.15) is 0 Å². The van der Waals surface area contributed by atoms with Gasteiger partial charge in [0.1, 0.15) is 0 Å². The second kappa shape index (κ2) is 4.52. The molecule has 0 rings (SSSR count). The van der Waals surface area contributed by atoms with E-state index in [9.17, 15) is 0 Å². The maximum absolute atomic E-state index is 5.59. The van der Waals surface area contributed by atoms with Gasteiger partial charge in [0.2, 0.25) is 0 Å². The summed E-state index contributed by atoms with van der Waals surface area (Å²) >= 11 is 0. The number of hydrogen-bond acceptors (Lipinski definition) is 6. The Morgan fingerprint density at radius 3 is 1.07 bits per heavy atom. The van der Waals surface area contributed by atoms with Crippen molar-refractivity contribution in [1.82, 2.24) is 10.9 Å². The van der Waals surface area contributed by atoms with E-state index in [-0.39, 0.29) is 0 Å². The van der Waals surface area contributed by atoms with Crippen molar-refractivity contribution in [2.75, 3.05) is 0 Å². The predicted molar refractivity (Wildman–Crippen MR) is 58.8 cm³/mol. The third kappa shape index (κ3) is 3.87. The van der Waals surface area contributed by atoms with E-state index < -0.39 is 23.4 Å². The highest BCUT2D eigenvalue weighted by Crippen LogP contribution is 2.05. The summed E-state index contributed by atoms with van der Waals surface area (Å²) in [5.74, 6) is 0. The molecule has 0 spiro atoms. The van der Waals surface area contributed by atoms with Crippen molar-refractivity contribution in [1.29, 1.82) is 0 Å². The summed E-state index contributed by atoms with van der Waals surface area (Å²) in [6.07, 6.45) is -0.945. The summed E-state index contributed by atoms with van der Waals surface area (Å²) in [5.41, 5.74) is 27.5. The summed E-state index contributed by atoms with van der Waals surface area (Å²) in [7, 11) is 0. The average molecular weight is 204 g/mol. The van der Waals surface area contributed by atoms with Crippen LogP contribution in [0.1, 0.15) is 27.7 Å². The Kier molecular flexibility index (Phi) is 4.44. The fourth-order valence-electron chi connectivity index (χ4n) is 0.489. The normalized spacial score (nSPS) is 14.1. The van der Waals surface area contributed by atoms with Gasteiger partial charge in [-0.15, -0.1) is 0 Å². The fourth-order valence-corrected chi connectivity index (χ4v) is 0.489. The van der Waals surface area contributed by atoms with Crippen molar-refractivity contribution >= 4 is 0 Å². The van der Waals surface area contributed by atoms with Crippen LogP contribution in [0.5, 0.6) is 0 Å². The average Bonchev–Trinajstić information content (AvgIpc) is 2.01. The Morgan fingerprint density at radius 2 is 0.929 bits per heavy atom. The molecule has 0 amide bonds. The monoisotopic (exact) mass is 204 g/mol. The zero-order valence-electron chi connectivity index (χ0n) is 9.46. The van der Waals surface area contributed by atoms with Crippen LogP contribution in [0.25, 0.3) is 0 Å². The van der Waals surface area contributed by atoms with Crippen LogP contribution < -0.4 is 33.8 Å². The van der Waals surface area contributed by atoms with Gasteiger partial charge in [0.15, 0.2) is 0 Å². The highest BCUT2D eigenvalue weighted by molar-refractivity contribution is 4.89. The lowest BCUT2D eigenvalue weighted by Gasteiger charge is -2.37. The first-order valence-corrected chi connectivity index (χ1v) is 4.66. The topological polar surface area (TPSA) is 128 Å². The zero-order valence-corrected chi connectivity index (χ0v) is 9.46. The standard InChI is InChI=1S/C8H24N6/c1-7(2,5(9)10)13-14-8(3,4)6(11)12/h5-6,13-14H,9-12H2,1-4H3. The Bertz CT molecular complexity index is 155. The number of hydrazine groups is 1. The molecular formula is C8H24N6. The first kappa shape index (κ1) is 13.8. The van der Waals surface area contributed by atoms with Gasteiger partial charge in [0, 0.05) is 0 Å². The molecule has 0 fully saturated rings. The van der Waals surface area contributed by atoms with E-state index in [0.29, 0.717) is 0 Å². The van der Waals surface area contributed by atoms with Crippen LogP contribution in [-0.2, 0) is 0 Å². The van der Waals surface area contributed by atoms with Gasteiger partial charge in [-0.25, -0.2) is 10.9 Å². The minimum atomic E-state index is -0.472. The Balaban J connectivity index is 4.18. The molecule has 0 saturated heterocycles. The molecule has 0 bridgehead atoms. The smallest absolute Gasteiger partial charge is 0.0716 e. The second-order valence-corrected chi connectivity index (χ2v) is 4.74. The molecule has 6 nitrogen and oxygen atoms in total. The van der Waals surface area contributed by atoms with E-state index in [1.807, 2.05) is 27.7 Å². The zero-order chi connectivity index (χ0) is 11.6. The Hall–Kier alpha value is -0.240. The first-order valence-electron chi connectivity index (χ1n) is 4.66. The predicted octanol–water partition coefficient (Wildman–Crippen LogP) is -1.88. The number of hydrogen-bond donors (Lipinski definition) is 6. The summed E-state index contributed by atoms with van der Waals surface area (Å²) in [6.45, 7) is 7.57. The molecule has 0 aromatic carbocycles. The maximum Gasteiger partial charge on any atom is 0.0716 e. The van der Waals surface area contributed by atoms with Crippen molar-refractivity contribution in [3.8, 4) is 0 Å². The molecule has 0 radical (unpaired) electrons. The Labute approximate surface area is 85.7 Å². The molecule has 0 saturated carbocycles. The lowest BCUT2D eigenvalue weighted by Crippen LogP contribution is -2.69. The maximum atomic E-state index is 5.59. The molecule has 10 N–H and O–H groups in total. The van der Waals surface area contributed by atoms with Crippen LogP contribution in [-0.4, -0.2) is 23.4 Å². The molecule has 0 unspecified atom stereocenters. The van der Waals surface area contributed by atoms with Gasteiger partial charge in [-0.05, 0) is 27.7 Å². The van der Waals surface area contributed by atoms with E-state index in [2.05, 4.69) is 10.9 Å². The third-order valence-electron chi connectivity index (χ3n) is 2.37. The lowest BCUT2D eigenvalue weighted by atomic mass is 10.0. The number of nitrogens with one attached hydrogen (secondary N) is 2. The van der Waals surface area contributed by atoms with Gasteiger partial charge in [0.05, 0.1) is 23.4 Å². The van der Waals surface area contributed by atoms with Crippen LogP contribution in [0.2, 0.25) is 0 Å². The van der Waals surface area contributed by atoms with Crippen molar-refractivity contribution in [2.45, 2.75) is 51.1 Å². The van der Waals surface area contributed by atoms with Crippen molar-refractivity contribution in [3.05, 3.63) is 0 Å². The largest absolute Gasteiger partial charge is 0.315 e. The van der Waals surface area contributed by atoms with Crippen molar-refractivity contribution < 1.29 is 0 Å². The molecule has 0 aromatic rings. The van der Waals surface area contributed by atoms with Crippen molar-refractivity contribution in [3.63, 3.8) is 0 Å². The van der Waals surface area contributed by atoms with Crippen LogP contribution in [0.4, 0.5) is 0 Å². The summed E-state index contributed by atoms with van der Waals surface area (Å²) in [5, 5.41) is 0. The number of nitrogens with two attached hydrogens (primary N) is 4. The summed E-state index contributed by atoms with van der Waals surface area (Å²) in [6, 6.07) is 0. The summed E-state index contributed by atoms with van der Waals surface area (Å²) < 4.78 is 0. The number of rotatable bonds is 5. The fraction of sp³-hybridized carbons (Fsp3) is 1.00. The highest BCUT2D eigenvalue weighted by Gasteiger charge is 2.28. The SMILES string of the molecule is CC(C)(NNC(C)(C)C(N)N)C(N)N. The minimum Gasteiger partial charge on any atom is -0.315 e. The molecule has 0 aromatic heterocycles. The van der Waals surface area contributed by atoms with E-state index in [0.717, 1.165) is 0 Å². The quantitative estimate of drug-likeness (QED) is 0.230. The van der Waals surface area contributed by atoms with E-state index in [1.165, 1.54) is 0 Å². The molecule has 14 heavy (non-hydrogen) atoms. The summed E-state index contributed by atoms with van der Waals surface area (Å²) in [4.78, 5) is 0. The molecule has 0 aliphatic carbocycles. The van der Waals surface area contributed by atoms with Gasteiger partial charge in [-0.3, -0.25) is 0 Å². The van der Waals surface area contributed by atoms with E-state index >= 15 is 0 Å². The molecule has 0 aliphatic rings. The van der Waals surface area contributed by atoms with Crippen molar-refractivity contribution in [2.24, 2.45) is 22.9 Å². The molecule has 0 atom stereocenters. The van der Waals surface area contributed by atoms with Crippen LogP contribution >= 0.6 is 0 Å². The molecule has 86 valence electrons. The third-order valence-corrected chi connectivity index (χ3v) is 2.37. The highest BCUT2D eigenvalue weighted by atomic mass is 15.4. The van der Waals surface area contributed by atoms with Gasteiger partial charge in [-0.1, -0.05) is 0 Å². The first-order chi connectivity index (χ1) is 6.09. The van der Waals surface area contributed by atoms with Crippen LogP contribution in [0.15, 0.2) is 0 Å². The molecule has 0 aliphatic heterocycles. The van der Waals surface area contributed by atoms with Gasteiger partial charge >= 0.3 is 0 Å². The van der Waals surface area contributed by atoms with Crippen LogP contribution in [0, 0.1) is 0 Å². The minimum absolute atomic E-state index is 0.424. The molecule has 0 heterocycles. The second-order valence-electron chi connectivity index (χ2n) is 4.74. The van der Waals surface area contributed by atoms with E-state index in [1.54, 1.807) is 0 Å². The molecular weight excluding hydrogens is 180 g/mol. The Morgan fingerprint density at radius 1 is 0.714 bits per heavy atom.